The van der Waals surface area contributed by atoms with Crippen LogP contribution in [0.4, 0.5) is 4.39 Å². The Morgan fingerprint density at radius 1 is 1.45 bits per heavy atom. The Kier molecular flexibility index (Phi) is 2.70. The first-order valence-corrected chi connectivity index (χ1v) is 4.22. The van der Waals surface area contributed by atoms with Crippen molar-refractivity contribution in [1.82, 2.24) is 0 Å². The summed E-state index contributed by atoms with van der Waals surface area (Å²) in [7, 11) is 1.46. The van der Waals surface area contributed by atoms with Crippen LogP contribution in [0.2, 0.25) is 0 Å². The monoisotopic (exact) mass is 266 g/mol. The van der Waals surface area contributed by atoms with Crippen molar-refractivity contribution in [3.63, 3.8) is 0 Å². The molecule has 0 radical (unpaired) electrons. The Bertz CT molecular complexity index is 273. The maximum Gasteiger partial charge on any atom is 0.165 e. The van der Waals surface area contributed by atoms with E-state index in [2.05, 4.69) is 22.6 Å². The molecule has 0 N–H and O–H groups in total. The van der Waals surface area contributed by atoms with E-state index in [1.54, 1.807) is 6.07 Å². The minimum atomic E-state index is -0.301. The summed E-state index contributed by atoms with van der Waals surface area (Å²) < 4.78 is 18.7. The molecule has 0 aromatic heterocycles. The zero-order chi connectivity index (χ0) is 8.43. The summed E-state index contributed by atoms with van der Waals surface area (Å²) >= 11 is 2.14. The van der Waals surface area contributed by atoms with E-state index in [4.69, 9.17) is 4.74 Å². The summed E-state index contributed by atoms with van der Waals surface area (Å²) in [5.41, 5.74) is 0.934. The Morgan fingerprint density at radius 3 is 2.64 bits per heavy atom. The van der Waals surface area contributed by atoms with E-state index in [0.717, 1.165) is 9.13 Å². The van der Waals surface area contributed by atoms with Gasteiger partial charge in [0.15, 0.2) is 11.6 Å². The van der Waals surface area contributed by atoms with Crippen LogP contribution in [0.5, 0.6) is 5.75 Å². The molecule has 0 aliphatic carbocycles. The average Bonchev–Trinajstić information content (AvgIpc) is 1.97. The zero-order valence-corrected chi connectivity index (χ0v) is 8.48. The summed E-state index contributed by atoms with van der Waals surface area (Å²) in [5, 5.41) is 0. The summed E-state index contributed by atoms with van der Waals surface area (Å²) in [4.78, 5) is 0. The van der Waals surface area contributed by atoms with Crippen LogP contribution >= 0.6 is 22.6 Å². The number of hydrogen-bond acceptors (Lipinski definition) is 1. The molecule has 0 spiro atoms. The number of hydrogen-bond donors (Lipinski definition) is 0. The van der Waals surface area contributed by atoms with Gasteiger partial charge < -0.3 is 4.74 Å². The fraction of sp³-hybridized carbons (Fsp3) is 0.250. The lowest BCUT2D eigenvalue weighted by molar-refractivity contribution is 0.386. The van der Waals surface area contributed by atoms with Crippen molar-refractivity contribution in [3.05, 3.63) is 27.1 Å². The van der Waals surface area contributed by atoms with E-state index in [9.17, 15) is 4.39 Å². The SMILES string of the molecule is COc1cc(I)c(C)cc1F. The van der Waals surface area contributed by atoms with Gasteiger partial charge in [-0.2, -0.15) is 0 Å². The normalized spacial score (nSPS) is 9.82. The van der Waals surface area contributed by atoms with Crippen molar-refractivity contribution in [2.45, 2.75) is 6.92 Å². The summed E-state index contributed by atoms with van der Waals surface area (Å²) in [6, 6.07) is 3.16. The van der Waals surface area contributed by atoms with Gasteiger partial charge in [-0.05, 0) is 47.2 Å². The van der Waals surface area contributed by atoms with Crippen LogP contribution in [0.25, 0.3) is 0 Å². The molecule has 60 valence electrons. The first-order valence-electron chi connectivity index (χ1n) is 3.15. The van der Waals surface area contributed by atoms with E-state index in [1.165, 1.54) is 13.2 Å². The number of halogens is 2. The minimum absolute atomic E-state index is 0.301. The lowest BCUT2D eigenvalue weighted by Crippen LogP contribution is -1.90. The number of methoxy groups -OCH3 is 1. The first-order chi connectivity index (χ1) is 5.15. The third-order valence-corrected chi connectivity index (χ3v) is 2.60. The zero-order valence-electron chi connectivity index (χ0n) is 6.32. The van der Waals surface area contributed by atoms with Gasteiger partial charge in [0.05, 0.1) is 7.11 Å². The molecule has 0 atom stereocenters. The highest BCUT2D eigenvalue weighted by Gasteiger charge is 2.04. The molecule has 1 nitrogen and oxygen atoms in total. The Morgan fingerprint density at radius 2 is 2.09 bits per heavy atom. The van der Waals surface area contributed by atoms with Gasteiger partial charge in [-0.1, -0.05) is 0 Å². The average molecular weight is 266 g/mol. The van der Waals surface area contributed by atoms with Crippen molar-refractivity contribution in [2.75, 3.05) is 7.11 Å². The maximum absolute atomic E-state index is 12.9. The Labute approximate surface area is 78.7 Å². The van der Waals surface area contributed by atoms with Crippen molar-refractivity contribution in [2.24, 2.45) is 0 Å². The van der Waals surface area contributed by atoms with Gasteiger partial charge in [-0.15, -0.1) is 0 Å². The predicted molar refractivity (Wildman–Crippen MR) is 50.4 cm³/mol. The Balaban J connectivity index is 3.21. The van der Waals surface area contributed by atoms with Crippen LogP contribution in [-0.2, 0) is 0 Å². The molecular weight excluding hydrogens is 258 g/mol. The van der Waals surface area contributed by atoms with Crippen LogP contribution in [0.3, 0.4) is 0 Å². The Hall–Kier alpha value is -0.320. The molecule has 1 rings (SSSR count). The summed E-state index contributed by atoms with van der Waals surface area (Å²) in [5.74, 6) is 0.00501. The van der Waals surface area contributed by atoms with Crippen LogP contribution in [0.15, 0.2) is 12.1 Å². The van der Waals surface area contributed by atoms with E-state index in [0.29, 0.717) is 5.75 Å². The van der Waals surface area contributed by atoms with Crippen LogP contribution in [0.1, 0.15) is 5.56 Å². The number of benzene rings is 1. The lowest BCUT2D eigenvalue weighted by Gasteiger charge is -2.03. The lowest BCUT2D eigenvalue weighted by atomic mass is 10.2. The smallest absolute Gasteiger partial charge is 0.165 e. The standard InChI is InChI=1S/C8H8FIO/c1-5-3-6(9)8(11-2)4-7(5)10/h3-4H,1-2H3. The van der Waals surface area contributed by atoms with Gasteiger partial charge in [0.1, 0.15) is 0 Å². The highest BCUT2D eigenvalue weighted by molar-refractivity contribution is 14.1. The molecule has 0 heterocycles. The van der Waals surface area contributed by atoms with Gasteiger partial charge in [-0.25, -0.2) is 4.39 Å². The van der Waals surface area contributed by atoms with Gasteiger partial charge in [0, 0.05) is 3.57 Å². The van der Waals surface area contributed by atoms with Crippen molar-refractivity contribution in [1.29, 1.82) is 0 Å². The highest BCUT2D eigenvalue weighted by atomic mass is 127. The minimum Gasteiger partial charge on any atom is -0.494 e. The van der Waals surface area contributed by atoms with Gasteiger partial charge >= 0.3 is 0 Å². The van der Waals surface area contributed by atoms with Crippen molar-refractivity contribution < 1.29 is 9.13 Å². The molecule has 1 aromatic carbocycles. The topological polar surface area (TPSA) is 9.23 Å². The molecule has 0 bridgehead atoms. The number of ether oxygens (including phenoxy) is 1. The van der Waals surface area contributed by atoms with Crippen LogP contribution in [0, 0.1) is 16.3 Å². The van der Waals surface area contributed by atoms with E-state index in [-0.39, 0.29) is 5.82 Å². The molecule has 0 aliphatic heterocycles. The molecule has 0 amide bonds. The van der Waals surface area contributed by atoms with E-state index in [1.807, 2.05) is 6.92 Å². The second kappa shape index (κ2) is 3.38. The van der Waals surface area contributed by atoms with Gasteiger partial charge in [0.25, 0.3) is 0 Å². The summed E-state index contributed by atoms with van der Waals surface area (Å²) in [6.07, 6.45) is 0. The summed E-state index contributed by atoms with van der Waals surface area (Å²) in [6.45, 7) is 1.87. The van der Waals surface area contributed by atoms with E-state index < -0.39 is 0 Å². The van der Waals surface area contributed by atoms with E-state index >= 15 is 0 Å². The van der Waals surface area contributed by atoms with Crippen molar-refractivity contribution >= 4 is 22.6 Å². The van der Waals surface area contributed by atoms with Crippen molar-refractivity contribution in [3.8, 4) is 5.75 Å². The molecule has 0 aliphatic rings. The molecule has 1 aromatic rings. The highest BCUT2D eigenvalue weighted by Crippen LogP contribution is 2.22. The molecule has 0 saturated carbocycles. The van der Waals surface area contributed by atoms with Gasteiger partial charge in [0.2, 0.25) is 0 Å². The molecule has 0 unspecified atom stereocenters. The third kappa shape index (κ3) is 1.83. The van der Waals surface area contributed by atoms with Crippen LogP contribution in [-0.4, -0.2) is 7.11 Å². The fourth-order valence-corrected chi connectivity index (χ4v) is 1.22. The third-order valence-electron chi connectivity index (χ3n) is 1.43. The maximum atomic E-state index is 12.9. The molecule has 3 heteroatoms. The fourth-order valence-electron chi connectivity index (χ4n) is 0.784. The molecule has 11 heavy (non-hydrogen) atoms. The number of aryl methyl sites for hydroxylation is 1. The molecule has 0 fully saturated rings. The largest absolute Gasteiger partial charge is 0.494 e. The second-order valence-electron chi connectivity index (χ2n) is 2.24. The first kappa shape index (κ1) is 8.77. The predicted octanol–water partition coefficient (Wildman–Crippen LogP) is 2.75. The second-order valence-corrected chi connectivity index (χ2v) is 3.40. The molecule has 0 saturated heterocycles. The number of rotatable bonds is 1. The van der Waals surface area contributed by atoms with Crippen LogP contribution < -0.4 is 4.74 Å². The van der Waals surface area contributed by atoms with Gasteiger partial charge in [-0.3, -0.25) is 0 Å². The quantitative estimate of drug-likeness (QED) is 0.710. The molecular formula is C8H8FIO.